The SMILES string of the molecule is O=C1OC[C](CCl)O1. The Morgan fingerprint density at radius 3 is 2.75 bits per heavy atom. The summed E-state index contributed by atoms with van der Waals surface area (Å²) in [7, 11) is 0. The lowest BCUT2D eigenvalue weighted by Crippen LogP contribution is -1.99. The Labute approximate surface area is 51.5 Å². The van der Waals surface area contributed by atoms with Gasteiger partial charge < -0.3 is 9.47 Å². The number of ether oxygens (including phenoxy) is 2. The number of hydrogen-bond acceptors (Lipinski definition) is 3. The lowest BCUT2D eigenvalue weighted by molar-refractivity contribution is 0.132. The summed E-state index contributed by atoms with van der Waals surface area (Å²) in [6.07, 6.45) is -0.169. The maximum Gasteiger partial charge on any atom is 0.509 e. The fourth-order valence-electron chi connectivity index (χ4n) is 0.382. The highest BCUT2D eigenvalue weighted by atomic mass is 35.5. The van der Waals surface area contributed by atoms with Gasteiger partial charge in [-0.05, 0) is 0 Å². The lowest BCUT2D eigenvalue weighted by Gasteiger charge is -1.93. The van der Waals surface area contributed by atoms with E-state index in [1.807, 2.05) is 0 Å². The van der Waals surface area contributed by atoms with E-state index in [0.29, 0.717) is 6.10 Å². The van der Waals surface area contributed by atoms with Gasteiger partial charge in [-0.3, -0.25) is 0 Å². The van der Waals surface area contributed by atoms with Crippen LogP contribution in [0.25, 0.3) is 0 Å². The number of carbonyl (C=O) groups excluding carboxylic acids is 1. The summed E-state index contributed by atoms with van der Waals surface area (Å²) in [5.74, 6) is 0.228. The average Bonchev–Trinajstić information content (AvgIpc) is 2.14. The second-order valence-corrected chi connectivity index (χ2v) is 1.58. The number of alkyl halides is 1. The molecule has 1 saturated heterocycles. The van der Waals surface area contributed by atoms with E-state index in [1.165, 1.54) is 0 Å². The molecule has 1 radical (unpaired) electrons. The molecule has 45 valence electrons. The van der Waals surface area contributed by atoms with Crippen molar-refractivity contribution in [2.24, 2.45) is 0 Å². The zero-order valence-electron chi connectivity index (χ0n) is 4.02. The third kappa shape index (κ3) is 1.04. The van der Waals surface area contributed by atoms with Gasteiger partial charge in [0, 0.05) is 0 Å². The maximum atomic E-state index is 10.1. The van der Waals surface area contributed by atoms with Crippen LogP contribution in [0.1, 0.15) is 0 Å². The summed E-state index contributed by atoms with van der Waals surface area (Å²) in [6.45, 7) is 0.211. The molecule has 0 aromatic heterocycles. The third-order valence-electron chi connectivity index (χ3n) is 0.728. The molecule has 1 aliphatic rings. The van der Waals surface area contributed by atoms with E-state index in [4.69, 9.17) is 11.6 Å². The van der Waals surface area contributed by atoms with Crippen molar-refractivity contribution in [3.63, 3.8) is 0 Å². The lowest BCUT2D eigenvalue weighted by atomic mass is 10.4. The summed E-state index contributed by atoms with van der Waals surface area (Å²) in [5, 5.41) is 0. The molecule has 0 aromatic rings. The van der Waals surface area contributed by atoms with E-state index >= 15 is 0 Å². The summed E-state index contributed by atoms with van der Waals surface area (Å²) >= 11 is 5.28. The first-order valence-corrected chi connectivity index (χ1v) is 2.61. The predicted molar refractivity (Wildman–Crippen MR) is 26.4 cm³/mol. The minimum atomic E-state index is -0.652. The van der Waals surface area contributed by atoms with Gasteiger partial charge in [0.25, 0.3) is 0 Å². The van der Waals surface area contributed by atoms with Crippen molar-refractivity contribution >= 4 is 17.8 Å². The number of hydrogen-bond donors (Lipinski definition) is 0. The Morgan fingerprint density at radius 2 is 2.50 bits per heavy atom. The molecule has 4 heteroatoms. The van der Waals surface area contributed by atoms with Gasteiger partial charge in [-0.25, -0.2) is 4.79 Å². The first-order valence-electron chi connectivity index (χ1n) is 2.08. The Hall–Kier alpha value is -0.440. The molecule has 0 saturated carbocycles. The molecule has 1 heterocycles. The Bertz CT molecular complexity index is 103. The molecule has 0 atom stereocenters. The minimum absolute atomic E-state index is 0.211. The van der Waals surface area contributed by atoms with E-state index in [9.17, 15) is 4.79 Å². The standard InChI is InChI=1S/C4H4ClO3/c5-1-3-2-7-4(6)8-3/h1-2H2. The van der Waals surface area contributed by atoms with Crippen molar-refractivity contribution in [3.8, 4) is 0 Å². The van der Waals surface area contributed by atoms with Crippen LogP contribution in [0, 0.1) is 6.10 Å². The maximum absolute atomic E-state index is 10.1. The van der Waals surface area contributed by atoms with Gasteiger partial charge in [0.1, 0.15) is 6.61 Å². The smallest absolute Gasteiger partial charge is 0.430 e. The summed E-state index contributed by atoms with van der Waals surface area (Å²) in [4.78, 5) is 10.1. The van der Waals surface area contributed by atoms with Gasteiger partial charge in [0.2, 0.25) is 6.10 Å². The third-order valence-corrected chi connectivity index (χ3v) is 1.03. The van der Waals surface area contributed by atoms with Gasteiger partial charge in [0.15, 0.2) is 0 Å². The summed E-state index contributed by atoms with van der Waals surface area (Å²) in [6, 6.07) is 0. The van der Waals surface area contributed by atoms with Crippen LogP contribution in [0.3, 0.4) is 0 Å². The average molecular weight is 136 g/mol. The van der Waals surface area contributed by atoms with E-state index in [2.05, 4.69) is 9.47 Å². The van der Waals surface area contributed by atoms with Crippen LogP contribution in [0.2, 0.25) is 0 Å². The van der Waals surface area contributed by atoms with Gasteiger partial charge in [-0.15, -0.1) is 11.6 Å². The molecule has 0 aliphatic carbocycles. The molecule has 1 rings (SSSR count). The summed E-state index contributed by atoms with van der Waals surface area (Å²) in [5.41, 5.74) is 0. The number of cyclic esters (lactones) is 2. The molecule has 1 aliphatic heterocycles. The molecule has 0 N–H and O–H groups in total. The quantitative estimate of drug-likeness (QED) is 0.396. The Kier molecular flexibility index (Phi) is 1.58. The van der Waals surface area contributed by atoms with Crippen molar-refractivity contribution in [1.29, 1.82) is 0 Å². The van der Waals surface area contributed by atoms with Crippen LogP contribution >= 0.6 is 11.6 Å². The highest BCUT2D eigenvalue weighted by Gasteiger charge is 2.24. The van der Waals surface area contributed by atoms with Gasteiger partial charge >= 0.3 is 6.16 Å². The first kappa shape index (κ1) is 5.69. The Morgan fingerprint density at radius 1 is 1.75 bits per heavy atom. The van der Waals surface area contributed by atoms with Gasteiger partial charge in [-0.1, -0.05) is 0 Å². The van der Waals surface area contributed by atoms with Gasteiger partial charge in [0.05, 0.1) is 5.88 Å². The number of carbonyl (C=O) groups is 1. The van der Waals surface area contributed by atoms with Crippen LogP contribution in [0.5, 0.6) is 0 Å². The van der Waals surface area contributed by atoms with Crippen LogP contribution in [-0.2, 0) is 9.47 Å². The molecule has 8 heavy (non-hydrogen) atoms. The van der Waals surface area contributed by atoms with Crippen LogP contribution < -0.4 is 0 Å². The van der Waals surface area contributed by atoms with Crippen LogP contribution in [-0.4, -0.2) is 18.6 Å². The molecule has 0 bridgehead atoms. The molecular weight excluding hydrogens is 131 g/mol. The van der Waals surface area contributed by atoms with Crippen molar-refractivity contribution in [1.82, 2.24) is 0 Å². The zero-order valence-corrected chi connectivity index (χ0v) is 4.77. The van der Waals surface area contributed by atoms with Gasteiger partial charge in [-0.2, -0.15) is 0 Å². The van der Waals surface area contributed by atoms with Crippen molar-refractivity contribution in [3.05, 3.63) is 6.10 Å². The number of halogens is 1. The van der Waals surface area contributed by atoms with E-state index in [0.717, 1.165) is 0 Å². The van der Waals surface area contributed by atoms with Crippen LogP contribution in [0.4, 0.5) is 4.79 Å². The van der Waals surface area contributed by atoms with Crippen molar-refractivity contribution in [2.75, 3.05) is 12.5 Å². The normalized spacial score (nSPS) is 20.4. The van der Waals surface area contributed by atoms with Crippen molar-refractivity contribution < 1.29 is 14.3 Å². The Balaban J connectivity index is 2.32. The van der Waals surface area contributed by atoms with Crippen LogP contribution in [0.15, 0.2) is 0 Å². The first-order chi connectivity index (χ1) is 3.83. The second kappa shape index (κ2) is 2.22. The molecule has 1 fully saturated rings. The molecule has 0 amide bonds. The zero-order chi connectivity index (χ0) is 5.98. The molecule has 0 spiro atoms. The monoisotopic (exact) mass is 135 g/mol. The molecule has 0 unspecified atom stereocenters. The summed E-state index contributed by atoms with van der Waals surface area (Å²) < 4.78 is 8.81. The predicted octanol–water partition coefficient (Wildman–Crippen LogP) is 0.924. The van der Waals surface area contributed by atoms with E-state index < -0.39 is 6.16 Å². The highest BCUT2D eigenvalue weighted by Crippen LogP contribution is 2.13. The van der Waals surface area contributed by atoms with Crippen molar-refractivity contribution in [2.45, 2.75) is 0 Å². The molecule has 3 nitrogen and oxygen atoms in total. The topological polar surface area (TPSA) is 35.5 Å². The minimum Gasteiger partial charge on any atom is -0.430 e. The fourth-order valence-corrected chi connectivity index (χ4v) is 0.514. The van der Waals surface area contributed by atoms with E-state index in [1.54, 1.807) is 0 Å². The molecule has 0 aromatic carbocycles. The highest BCUT2D eigenvalue weighted by molar-refractivity contribution is 6.19. The fraction of sp³-hybridized carbons (Fsp3) is 0.500. The molecular formula is C4H4ClO3. The van der Waals surface area contributed by atoms with E-state index in [-0.39, 0.29) is 12.5 Å². The second-order valence-electron chi connectivity index (χ2n) is 1.31. The largest absolute Gasteiger partial charge is 0.509 e. The number of rotatable bonds is 1.